The van der Waals surface area contributed by atoms with Gasteiger partial charge in [-0.05, 0) is 48.2 Å². The highest BCUT2D eigenvalue weighted by atomic mass is 32.1. The van der Waals surface area contributed by atoms with Crippen molar-refractivity contribution in [2.75, 3.05) is 26.8 Å². The highest BCUT2D eigenvalue weighted by Gasteiger charge is 2.02. The second-order valence-corrected chi connectivity index (χ2v) is 6.08. The zero-order valence-corrected chi connectivity index (χ0v) is 13.2. The van der Waals surface area contributed by atoms with E-state index in [-0.39, 0.29) is 0 Å². The topological polar surface area (TPSA) is 21.3 Å². The molecular formula is C17H25NOS. The zero-order valence-electron chi connectivity index (χ0n) is 12.4. The molecule has 0 aliphatic rings. The molecule has 1 aromatic heterocycles. The Kier molecular flexibility index (Phi) is 7.06. The molecule has 3 heteroatoms. The van der Waals surface area contributed by atoms with E-state index >= 15 is 0 Å². The number of rotatable bonds is 10. The summed E-state index contributed by atoms with van der Waals surface area (Å²) in [6.07, 6.45) is 6.45. The van der Waals surface area contributed by atoms with Gasteiger partial charge in [-0.25, -0.2) is 0 Å². The number of nitrogens with one attached hydrogen (secondary N) is 1. The van der Waals surface area contributed by atoms with Gasteiger partial charge in [0.25, 0.3) is 0 Å². The van der Waals surface area contributed by atoms with Crippen LogP contribution in [0.2, 0.25) is 0 Å². The summed E-state index contributed by atoms with van der Waals surface area (Å²) in [5.74, 6) is 0. The van der Waals surface area contributed by atoms with E-state index in [1.54, 1.807) is 7.11 Å². The van der Waals surface area contributed by atoms with E-state index in [1.807, 2.05) is 11.3 Å². The minimum atomic E-state index is 0.811. The molecule has 0 saturated heterocycles. The van der Waals surface area contributed by atoms with Crippen LogP contribution in [-0.2, 0) is 11.2 Å². The average molecular weight is 291 g/mol. The molecule has 2 nitrogen and oxygen atoms in total. The summed E-state index contributed by atoms with van der Waals surface area (Å²) in [5.41, 5.74) is 1.53. The normalized spacial score (nSPS) is 11.2. The van der Waals surface area contributed by atoms with Gasteiger partial charge in [0.2, 0.25) is 0 Å². The number of ether oxygens (including phenoxy) is 1. The second kappa shape index (κ2) is 9.11. The summed E-state index contributed by atoms with van der Waals surface area (Å²) >= 11 is 1.87. The van der Waals surface area contributed by atoms with Gasteiger partial charge in [-0.15, -0.1) is 11.3 Å². The monoisotopic (exact) mass is 291 g/mol. The average Bonchev–Trinajstić information content (AvgIpc) is 2.89. The molecule has 0 fully saturated rings. The molecule has 2 rings (SSSR count). The Morgan fingerprint density at radius 2 is 1.90 bits per heavy atom. The minimum Gasteiger partial charge on any atom is -0.383 e. The fourth-order valence-corrected chi connectivity index (χ4v) is 3.44. The van der Waals surface area contributed by atoms with Crippen molar-refractivity contribution in [1.82, 2.24) is 5.32 Å². The van der Waals surface area contributed by atoms with E-state index < -0.39 is 0 Å². The van der Waals surface area contributed by atoms with Gasteiger partial charge in [0, 0.05) is 18.4 Å². The third-order valence-electron chi connectivity index (χ3n) is 3.59. The first kappa shape index (κ1) is 15.5. The van der Waals surface area contributed by atoms with Crippen LogP contribution in [0.3, 0.4) is 0 Å². The molecule has 0 radical (unpaired) electrons. The number of aryl methyl sites for hydroxylation is 1. The van der Waals surface area contributed by atoms with Gasteiger partial charge in [-0.1, -0.05) is 31.0 Å². The maximum absolute atomic E-state index is 5.00. The van der Waals surface area contributed by atoms with Crippen molar-refractivity contribution in [3.63, 3.8) is 0 Å². The van der Waals surface area contributed by atoms with Gasteiger partial charge in [-0.3, -0.25) is 0 Å². The van der Waals surface area contributed by atoms with Gasteiger partial charge >= 0.3 is 0 Å². The van der Waals surface area contributed by atoms with Crippen molar-refractivity contribution < 1.29 is 4.74 Å². The van der Waals surface area contributed by atoms with E-state index in [4.69, 9.17) is 4.74 Å². The number of fused-ring (bicyclic) bond motifs is 1. The molecule has 1 heterocycles. The Morgan fingerprint density at radius 1 is 1.05 bits per heavy atom. The van der Waals surface area contributed by atoms with Crippen molar-refractivity contribution in [1.29, 1.82) is 0 Å². The fraction of sp³-hybridized carbons (Fsp3) is 0.529. The fourth-order valence-electron chi connectivity index (χ4n) is 2.44. The Labute approximate surface area is 126 Å². The minimum absolute atomic E-state index is 0.811. The standard InChI is InChI=1S/C17H25NOS/c1-19-13-12-18-11-7-3-2-4-8-15-14-20-17-10-6-5-9-16(15)17/h5-6,9-10,14,18H,2-4,7-8,11-13H2,1H3. The van der Waals surface area contributed by atoms with Crippen LogP contribution < -0.4 is 5.32 Å². The van der Waals surface area contributed by atoms with E-state index in [0.29, 0.717) is 0 Å². The van der Waals surface area contributed by atoms with Gasteiger partial charge in [0.05, 0.1) is 6.61 Å². The molecule has 0 spiro atoms. The first-order valence-electron chi connectivity index (χ1n) is 7.56. The summed E-state index contributed by atoms with van der Waals surface area (Å²) in [5, 5.41) is 7.18. The van der Waals surface area contributed by atoms with Crippen LogP contribution in [0.25, 0.3) is 10.1 Å². The molecule has 0 saturated carbocycles. The third kappa shape index (κ3) is 4.89. The van der Waals surface area contributed by atoms with E-state index in [0.717, 1.165) is 19.7 Å². The van der Waals surface area contributed by atoms with Gasteiger partial charge in [0.15, 0.2) is 0 Å². The van der Waals surface area contributed by atoms with Crippen LogP contribution in [0, 0.1) is 0 Å². The number of unbranched alkanes of at least 4 members (excludes halogenated alkanes) is 3. The molecule has 2 aromatic rings. The summed E-state index contributed by atoms with van der Waals surface area (Å²) in [6, 6.07) is 8.74. The summed E-state index contributed by atoms with van der Waals surface area (Å²) in [6.45, 7) is 2.90. The predicted octanol–water partition coefficient (Wildman–Crippen LogP) is 4.24. The summed E-state index contributed by atoms with van der Waals surface area (Å²) in [4.78, 5) is 0. The van der Waals surface area contributed by atoms with Crippen molar-refractivity contribution >= 4 is 21.4 Å². The van der Waals surface area contributed by atoms with Crippen molar-refractivity contribution in [3.05, 3.63) is 35.2 Å². The van der Waals surface area contributed by atoms with E-state index in [1.165, 1.54) is 47.8 Å². The number of hydrogen-bond acceptors (Lipinski definition) is 3. The smallest absolute Gasteiger partial charge is 0.0587 e. The van der Waals surface area contributed by atoms with Crippen LogP contribution >= 0.6 is 11.3 Å². The Morgan fingerprint density at radius 3 is 2.80 bits per heavy atom. The quantitative estimate of drug-likeness (QED) is 0.661. The van der Waals surface area contributed by atoms with Crippen LogP contribution in [0.5, 0.6) is 0 Å². The van der Waals surface area contributed by atoms with Crippen LogP contribution in [0.15, 0.2) is 29.6 Å². The highest BCUT2D eigenvalue weighted by molar-refractivity contribution is 7.17. The number of benzene rings is 1. The molecule has 20 heavy (non-hydrogen) atoms. The molecule has 0 atom stereocenters. The maximum atomic E-state index is 5.00. The van der Waals surface area contributed by atoms with Gasteiger partial charge in [0.1, 0.15) is 0 Å². The van der Waals surface area contributed by atoms with Crippen LogP contribution in [-0.4, -0.2) is 26.8 Å². The Bertz CT molecular complexity index is 494. The predicted molar refractivity (Wildman–Crippen MR) is 88.7 cm³/mol. The lowest BCUT2D eigenvalue weighted by Gasteiger charge is -2.04. The van der Waals surface area contributed by atoms with E-state index in [2.05, 4.69) is 35.0 Å². The largest absolute Gasteiger partial charge is 0.383 e. The summed E-state index contributed by atoms with van der Waals surface area (Å²) in [7, 11) is 1.75. The zero-order chi connectivity index (χ0) is 14.0. The van der Waals surface area contributed by atoms with Gasteiger partial charge in [-0.2, -0.15) is 0 Å². The molecule has 0 aliphatic carbocycles. The first-order chi connectivity index (χ1) is 9.92. The molecule has 0 bridgehead atoms. The van der Waals surface area contributed by atoms with Crippen molar-refractivity contribution in [2.24, 2.45) is 0 Å². The van der Waals surface area contributed by atoms with Crippen LogP contribution in [0.4, 0.5) is 0 Å². The Hall–Kier alpha value is -0.900. The molecule has 1 N–H and O–H groups in total. The SMILES string of the molecule is COCCNCCCCCCc1csc2ccccc12. The molecule has 1 aromatic carbocycles. The molecule has 0 amide bonds. The number of thiophene rings is 1. The number of hydrogen-bond donors (Lipinski definition) is 1. The summed E-state index contributed by atoms with van der Waals surface area (Å²) < 4.78 is 6.42. The third-order valence-corrected chi connectivity index (χ3v) is 4.61. The second-order valence-electron chi connectivity index (χ2n) is 5.16. The van der Waals surface area contributed by atoms with Crippen molar-refractivity contribution in [2.45, 2.75) is 32.1 Å². The number of methoxy groups -OCH3 is 1. The van der Waals surface area contributed by atoms with Gasteiger partial charge < -0.3 is 10.1 Å². The molecule has 0 aliphatic heterocycles. The van der Waals surface area contributed by atoms with Crippen LogP contribution in [0.1, 0.15) is 31.2 Å². The lowest BCUT2D eigenvalue weighted by Crippen LogP contribution is -2.20. The molecule has 0 unspecified atom stereocenters. The van der Waals surface area contributed by atoms with E-state index in [9.17, 15) is 0 Å². The molecule has 110 valence electrons. The lowest BCUT2D eigenvalue weighted by molar-refractivity contribution is 0.199. The highest BCUT2D eigenvalue weighted by Crippen LogP contribution is 2.26. The maximum Gasteiger partial charge on any atom is 0.0587 e. The molecular weight excluding hydrogens is 266 g/mol. The Balaban J connectivity index is 1.57. The van der Waals surface area contributed by atoms with Crippen molar-refractivity contribution in [3.8, 4) is 0 Å². The lowest BCUT2D eigenvalue weighted by atomic mass is 10.1. The first-order valence-corrected chi connectivity index (χ1v) is 8.44.